The number of rotatable bonds is 4. The van der Waals surface area contributed by atoms with Gasteiger partial charge in [0, 0.05) is 38.0 Å². The molecule has 1 saturated heterocycles. The molecule has 142 valence electrons. The van der Waals surface area contributed by atoms with Crippen molar-refractivity contribution < 1.29 is 19.1 Å². The average Bonchev–Trinajstić information content (AvgIpc) is 3.08. The first kappa shape index (κ1) is 18.8. The van der Waals surface area contributed by atoms with Gasteiger partial charge in [-0.15, -0.1) is 11.3 Å². The second-order valence-electron chi connectivity index (χ2n) is 6.74. The predicted molar refractivity (Wildman–Crippen MR) is 99.6 cm³/mol. The first-order valence-electron chi connectivity index (χ1n) is 9.00. The Hall–Kier alpha value is -1.93. The first-order chi connectivity index (χ1) is 12.5. The fourth-order valence-electron chi connectivity index (χ4n) is 3.62. The lowest BCUT2D eigenvalue weighted by Crippen LogP contribution is -2.37. The second kappa shape index (κ2) is 8.18. The number of hydrogen-bond acceptors (Lipinski definition) is 6. The number of methoxy groups -OCH3 is 1. The average molecular weight is 379 g/mol. The van der Waals surface area contributed by atoms with Gasteiger partial charge in [0.15, 0.2) is 0 Å². The van der Waals surface area contributed by atoms with Gasteiger partial charge in [-0.1, -0.05) is 0 Å². The summed E-state index contributed by atoms with van der Waals surface area (Å²) in [5, 5.41) is 3.52. The monoisotopic (exact) mass is 379 g/mol. The van der Waals surface area contributed by atoms with Crippen LogP contribution in [0.4, 0.5) is 5.00 Å². The molecular weight excluding hydrogens is 354 g/mol. The van der Waals surface area contributed by atoms with E-state index in [-0.39, 0.29) is 24.3 Å². The molecule has 0 bridgehead atoms. The highest BCUT2D eigenvalue weighted by molar-refractivity contribution is 7.17. The summed E-state index contributed by atoms with van der Waals surface area (Å²) in [5.41, 5.74) is 1.56. The quantitative estimate of drug-likeness (QED) is 0.803. The molecule has 0 saturated carbocycles. The number of nitrogens with zero attached hydrogens (tertiary/aromatic N) is 2. The minimum atomic E-state index is -0.383. The highest BCUT2D eigenvalue weighted by Crippen LogP contribution is 2.39. The Bertz CT molecular complexity index is 716. The lowest BCUT2D eigenvalue weighted by Gasteiger charge is -2.20. The Morgan fingerprint density at radius 2 is 1.92 bits per heavy atom. The minimum Gasteiger partial charge on any atom is -0.465 e. The molecular formula is C18H25N3O4S. The SMILES string of the molecule is COC(=O)c1c(NC(=O)CN2CCCN(C(C)=O)CC2)sc2c1CCC2. The number of anilines is 1. The van der Waals surface area contributed by atoms with Gasteiger partial charge in [-0.25, -0.2) is 4.79 Å². The van der Waals surface area contributed by atoms with E-state index in [0.29, 0.717) is 23.7 Å². The molecule has 1 N–H and O–H groups in total. The molecule has 1 aromatic heterocycles. The summed E-state index contributed by atoms with van der Waals surface area (Å²) in [7, 11) is 1.37. The van der Waals surface area contributed by atoms with Gasteiger partial charge in [0.05, 0.1) is 19.2 Å². The van der Waals surface area contributed by atoms with Crippen LogP contribution in [-0.2, 0) is 27.2 Å². The van der Waals surface area contributed by atoms with Gasteiger partial charge in [0.25, 0.3) is 0 Å². The van der Waals surface area contributed by atoms with E-state index in [0.717, 1.165) is 44.3 Å². The molecule has 0 spiro atoms. The summed E-state index contributed by atoms with van der Waals surface area (Å²) in [6.45, 7) is 4.67. The van der Waals surface area contributed by atoms with E-state index in [4.69, 9.17) is 4.74 Å². The van der Waals surface area contributed by atoms with E-state index in [1.807, 2.05) is 4.90 Å². The van der Waals surface area contributed by atoms with Crippen LogP contribution in [0.2, 0.25) is 0 Å². The van der Waals surface area contributed by atoms with Crippen LogP contribution in [-0.4, -0.2) is 67.4 Å². The van der Waals surface area contributed by atoms with Gasteiger partial charge in [0.1, 0.15) is 5.00 Å². The molecule has 2 aliphatic rings. The van der Waals surface area contributed by atoms with E-state index in [9.17, 15) is 14.4 Å². The van der Waals surface area contributed by atoms with Crippen molar-refractivity contribution in [2.75, 3.05) is 45.2 Å². The molecule has 3 rings (SSSR count). The number of aryl methyl sites for hydroxylation is 1. The molecule has 1 aromatic rings. The van der Waals surface area contributed by atoms with Crippen LogP contribution >= 0.6 is 11.3 Å². The third kappa shape index (κ3) is 4.07. The fraction of sp³-hybridized carbons (Fsp3) is 0.611. The van der Waals surface area contributed by atoms with E-state index in [1.165, 1.54) is 23.3 Å². The maximum Gasteiger partial charge on any atom is 0.341 e. The van der Waals surface area contributed by atoms with Crippen LogP contribution in [0, 0.1) is 0 Å². The van der Waals surface area contributed by atoms with Gasteiger partial charge in [-0.05, 0) is 31.2 Å². The third-order valence-corrected chi connectivity index (χ3v) is 6.17. The van der Waals surface area contributed by atoms with Crippen molar-refractivity contribution in [3.8, 4) is 0 Å². The van der Waals surface area contributed by atoms with Gasteiger partial charge in [-0.3, -0.25) is 14.5 Å². The fourth-order valence-corrected chi connectivity index (χ4v) is 4.92. The summed E-state index contributed by atoms with van der Waals surface area (Å²) < 4.78 is 4.91. The van der Waals surface area contributed by atoms with E-state index >= 15 is 0 Å². The number of carbonyl (C=O) groups excluding carboxylic acids is 3. The molecule has 26 heavy (non-hydrogen) atoms. The van der Waals surface area contributed by atoms with Crippen LogP contribution in [0.25, 0.3) is 0 Å². The maximum absolute atomic E-state index is 12.5. The second-order valence-corrected chi connectivity index (χ2v) is 7.84. The Kier molecular flexibility index (Phi) is 5.93. The smallest absolute Gasteiger partial charge is 0.341 e. The zero-order valence-electron chi connectivity index (χ0n) is 15.3. The van der Waals surface area contributed by atoms with Gasteiger partial charge < -0.3 is 15.0 Å². The van der Waals surface area contributed by atoms with Crippen LogP contribution in [0.3, 0.4) is 0 Å². The molecule has 7 nitrogen and oxygen atoms in total. The first-order valence-corrected chi connectivity index (χ1v) is 9.81. The van der Waals surface area contributed by atoms with Gasteiger partial charge >= 0.3 is 5.97 Å². The summed E-state index contributed by atoms with van der Waals surface area (Å²) in [6, 6.07) is 0. The van der Waals surface area contributed by atoms with Crippen LogP contribution in [0.5, 0.6) is 0 Å². The Morgan fingerprint density at radius 1 is 1.12 bits per heavy atom. The zero-order chi connectivity index (χ0) is 18.7. The topological polar surface area (TPSA) is 79.0 Å². The number of nitrogens with one attached hydrogen (secondary N) is 1. The van der Waals surface area contributed by atoms with E-state index in [2.05, 4.69) is 10.2 Å². The summed E-state index contributed by atoms with van der Waals surface area (Å²) >= 11 is 1.49. The van der Waals surface area contributed by atoms with Crippen molar-refractivity contribution in [3.63, 3.8) is 0 Å². The molecule has 1 aliphatic carbocycles. The number of carbonyl (C=O) groups is 3. The minimum absolute atomic E-state index is 0.0760. The van der Waals surface area contributed by atoms with Crippen molar-refractivity contribution in [3.05, 3.63) is 16.0 Å². The molecule has 8 heteroatoms. The van der Waals surface area contributed by atoms with Crippen molar-refractivity contribution in [2.24, 2.45) is 0 Å². The van der Waals surface area contributed by atoms with Crippen molar-refractivity contribution in [1.29, 1.82) is 0 Å². The van der Waals surface area contributed by atoms with Crippen LogP contribution < -0.4 is 5.32 Å². The lowest BCUT2D eigenvalue weighted by molar-refractivity contribution is -0.128. The molecule has 2 amide bonds. The molecule has 0 aromatic carbocycles. The largest absolute Gasteiger partial charge is 0.465 e. The number of ether oxygens (including phenoxy) is 1. The Labute approximate surface area is 157 Å². The molecule has 0 radical (unpaired) electrons. The van der Waals surface area contributed by atoms with Crippen molar-refractivity contribution >= 4 is 34.1 Å². The number of thiophene rings is 1. The van der Waals surface area contributed by atoms with Crippen molar-refractivity contribution in [1.82, 2.24) is 9.80 Å². The van der Waals surface area contributed by atoms with Gasteiger partial charge in [0.2, 0.25) is 11.8 Å². The van der Waals surface area contributed by atoms with Crippen molar-refractivity contribution in [2.45, 2.75) is 32.6 Å². The molecule has 2 heterocycles. The lowest BCUT2D eigenvalue weighted by atomic mass is 10.1. The number of esters is 1. The molecule has 0 unspecified atom stereocenters. The number of hydrogen-bond donors (Lipinski definition) is 1. The summed E-state index contributed by atoms with van der Waals surface area (Å²) in [5.74, 6) is -0.440. The van der Waals surface area contributed by atoms with Crippen LogP contribution in [0.1, 0.15) is 40.6 Å². The maximum atomic E-state index is 12.5. The summed E-state index contributed by atoms with van der Waals surface area (Å²) in [6.07, 6.45) is 3.71. The Morgan fingerprint density at radius 3 is 2.65 bits per heavy atom. The standard InChI is InChI=1S/C18H25N3O4S/c1-12(22)21-8-4-7-20(9-10-21)11-15(23)19-17-16(18(24)25-2)13-5-3-6-14(13)26-17/h3-11H2,1-2H3,(H,19,23). The summed E-state index contributed by atoms with van der Waals surface area (Å²) in [4.78, 5) is 41.2. The Balaban J connectivity index is 1.64. The van der Waals surface area contributed by atoms with Crippen LogP contribution in [0.15, 0.2) is 0 Å². The molecule has 0 atom stereocenters. The highest BCUT2D eigenvalue weighted by Gasteiger charge is 2.28. The molecule has 1 fully saturated rings. The van der Waals surface area contributed by atoms with E-state index in [1.54, 1.807) is 6.92 Å². The normalized spacial score (nSPS) is 17.5. The predicted octanol–water partition coefficient (Wildman–Crippen LogP) is 1.52. The highest BCUT2D eigenvalue weighted by atomic mass is 32.1. The molecule has 1 aliphatic heterocycles. The third-order valence-electron chi connectivity index (χ3n) is 4.96. The number of amides is 2. The zero-order valence-corrected chi connectivity index (χ0v) is 16.1. The van der Waals surface area contributed by atoms with E-state index < -0.39 is 0 Å². The number of fused-ring (bicyclic) bond motifs is 1. The van der Waals surface area contributed by atoms with Gasteiger partial charge in [-0.2, -0.15) is 0 Å².